The SMILES string of the molecule is FC(F)(F)c1cccc(-c2cc(CBr)cc(C(F)(F)F)c2)c1. The van der Waals surface area contributed by atoms with Gasteiger partial charge in [0, 0.05) is 5.33 Å². The molecule has 0 aliphatic rings. The van der Waals surface area contributed by atoms with Crippen LogP contribution in [0.4, 0.5) is 26.3 Å². The van der Waals surface area contributed by atoms with Crippen LogP contribution in [0.3, 0.4) is 0 Å². The minimum atomic E-state index is -4.56. The molecule has 0 heterocycles. The summed E-state index contributed by atoms with van der Waals surface area (Å²) in [4.78, 5) is 0. The summed E-state index contributed by atoms with van der Waals surface area (Å²) in [6.07, 6.45) is -9.11. The number of rotatable bonds is 2. The van der Waals surface area contributed by atoms with E-state index in [-0.39, 0.29) is 16.5 Å². The maximum Gasteiger partial charge on any atom is 0.416 e. The number of hydrogen-bond donors (Lipinski definition) is 0. The third-order valence-electron chi connectivity index (χ3n) is 3.00. The lowest BCUT2D eigenvalue weighted by Gasteiger charge is -2.13. The highest BCUT2D eigenvalue weighted by Crippen LogP contribution is 2.36. The van der Waals surface area contributed by atoms with Gasteiger partial charge in [0.2, 0.25) is 0 Å². The summed E-state index contributed by atoms with van der Waals surface area (Å²) in [5, 5.41) is 0.170. The summed E-state index contributed by atoms with van der Waals surface area (Å²) in [5.74, 6) is 0. The first-order valence-corrected chi connectivity index (χ1v) is 7.18. The molecule has 0 nitrogen and oxygen atoms in total. The second-order valence-electron chi connectivity index (χ2n) is 4.63. The fraction of sp³-hybridized carbons (Fsp3) is 0.200. The molecule has 0 amide bonds. The molecule has 0 aromatic heterocycles. The Balaban J connectivity index is 2.57. The molecule has 2 rings (SSSR count). The molecule has 0 saturated carbocycles. The molecule has 0 aliphatic carbocycles. The standard InChI is InChI=1S/C15H9BrF6/c16-8-9-4-11(7-13(5-9)15(20,21)22)10-2-1-3-12(6-10)14(17,18)19/h1-7H,8H2. The van der Waals surface area contributed by atoms with Crippen molar-refractivity contribution in [3.63, 3.8) is 0 Å². The van der Waals surface area contributed by atoms with E-state index in [4.69, 9.17) is 0 Å². The zero-order valence-electron chi connectivity index (χ0n) is 10.9. The summed E-state index contributed by atoms with van der Waals surface area (Å²) in [7, 11) is 0. The lowest BCUT2D eigenvalue weighted by atomic mass is 9.98. The van der Waals surface area contributed by atoms with Crippen molar-refractivity contribution in [2.75, 3.05) is 0 Å². The van der Waals surface area contributed by atoms with Gasteiger partial charge in [-0.15, -0.1) is 0 Å². The monoisotopic (exact) mass is 382 g/mol. The van der Waals surface area contributed by atoms with Gasteiger partial charge in [-0.2, -0.15) is 26.3 Å². The van der Waals surface area contributed by atoms with Crippen LogP contribution in [0.1, 0.15) is 16.7 Å². The Kier molecular flexibility index (Phi) is 4.56. The molecule has 0 unspecified atom stereocenters. The molecule has 0 bridgehead atoms. The largest absolute Gasteiger partial charge is 0.416 e. The Morgan fingerprint density at radius 3 is 1.86 bits per heavy atom. The van der Waals surface area contributed by atoms with E-state index in [1.807, 2.05) is 0 Å². The molecule has 2 aromatic rings. The van der Waals surface area contributed by atoms with E-state index in [2.05, 4.69) is 15.9 Å². The van der Waals surface area contributed by atoms with Gasteiger partial charge in [-0.3, -0.25) is 0 Å². The summed E-state index contributed by atoms with van der Waals surface area (Å²) in [5.41, 5.74) is -1.28. The lowest BCUT2D eigenvalue weighted by molar-refractivity contribution is -0.138. The van der Waals surface area contributed by atoms with Gasteiger partial charge < -0.3 is 0 Å². The van der Waals surface area contributed by atoms with Crippen LogP contribution >= 0.6 is 15.9 Å². The van der Waals surface area contributed by atoms with Crippen LogP contribution in [-0.2, 0) is 17.7 Å². The van der Waals surface area contributed by atoms with Gasteiger partial charge in [0.25, 0.3) is 0 Å². The predicted molar refractivity (Wildman–Crippen MR) is 74.5 cm³/mol. The molecule has 0 aliphatic heterocycles. The summed E-state index contributed by atoms with van der Waals surface area (Å²) in [6.45, 7) is 0. The predicted octanol–water partition coefficient (Wildman–Crippen LogP) is 6.29. The van der Waals surface area contributed by atoms with Gasteiger partial charge in [0.1, 0.15) is 0 Å². The number of halogens is 7. The van der Waals surface area contributed by atoms with E-state index < -0.39 is 23.5 Å². The maximum atomic E-state index is 12.9. The van der Waals surface area contributed by atoms with Crippen molar-refractivity contribution in [2.45, 2.75) is 17.7 Å². The third-order valence-corrected chi connectivity index (χ3v) is 3.65. The van der Waals surface area contributed by atoms with Crippen LogP contribution in [0.2, 0.25) is 0 Å². The zero-order chi connectivity index (χ0) is 16.5. The number of alkyl halides is 7. The highest BCUT2D eigenvalue weighted by atomic mass is 79.9. The highest BCUT2D eigenvalue weighted by molar-refractivity contribution is 9.08. The van der Waals surface area contributed by atoms with Crippen molar-refractivity contribution in [3.8, 4) is 11.1 Å². The fourth-order valence-corrected chi connectivity index (χ4v) is 2.30. The molecule has 0 radical (unpaired) electrons. The molecule has 22 heavy (non-hydrogen) atoms. The van der Waals surface area contributed by atoms with Crippen molar-refractivity contribution in [2.24, 2.45) is 0 Å². The van der Waals surface area contributed by atoms with Gasteiger partial charge >= 0.3 is 12.4 Å². The number of benzene rings is 2. The smallest absolute Gasteiger partial charge is 0.166 e. The van der Waals surface area contributed by atoms with Crippen LogP contribution in [0.5, 0.6) is 0 Å². The lowest BCUT2D eigenvalue weighted by Crippen LogP contribution is -2.06. The van der Waals surface area contributed by atoms with Gasteiger partial charge in [-0.1, -0.05) is 34.1 Å². The van der Waals surface area contributed by atoms with Crippen LogP contribution < -0.4 is 0 Å². The third kappa shape index (κ3) is 3.82. The minimum Gasteiger partial charge on any atom is -0.166 e. The first-order valence-electron chi connectivity index (χ1n) is 6.06. The van der Waals surface area contributed by atoms with Gasteiger partial charge in [0.05, 0.1) is 11.1 Å². The van der Waals surface area contributed by atoms with E-state index >= 15 is 0 Å². The molecule has 7 heteroatoms. The van der Waals surface area contributed by atoms with Crippen molar-refractivity contribution in [1.29, 1.82) is 0 Å². The van der Waals surface area contributed by atoms with Crippen molar-refractivity contribution < 1.29 is 26.3 Å². The second-order valence-corrected chi connectivity index (χ2v) is 5.19. The van der Waals surface area contributed by atoms with Gasteiger partial charge in [-0.05, 0) is 41.0 Å². The highest BCUT2D eigenvalue weighted by Gasteiger charge is 2.32. The Hall–Kier alpha value is -1.50. The molecular formula is C15H9BrF6. The van der Waals surface area contributed by atoms with Gasteiger partial charge in [0.15, 0.2) is 0 Å². The molecule has 0 atom stereocenters. The average Bonchev–Trinajstić information content (AvgIpc) is 2.45. The van der Waals surface area contributed by atoms with Crippen LogP contribution in [-0.4, -0.2) is 0 Å². The van der Waals surface area contributed by atoms with Crippen molar-refractivity contribution in [1.82, 2.24) is 0 Å². The summed E-state index contributed by atoms with van der Waals surface area (Å²) >= 11 is 3.06. The second kappa shape index (κ2) is 5.95. The molecular weight excluding hydrogens is 374 g/mol. The Labute approximate surface area is 130 Å². The average molecular weight is 383 g/mol. The van der Waals surface area contributed by atoms with E-state index in [0.717, 1.165) is 24.3 Å². The number of hydrogen-bond acceptors (Lipinski definition) is 0. The van der Waals surface area contributed by atoms with Crippen LogP contribution in [0, 0.1) is 0 Å². The van der Waals surface area contributed by atoms with E-state index in [9.17, 15) is 26.3 Å². The molecule has 0 N–H and O–H groups in total. The van der Waals surface area contributed by atoms with Crippen LogP contribution in [0.25, 0.3) is 11.1 Å². The van der Waals surface area contributed by atoms with E-state index in [1.165, 1.54) is 18.2 Å². The summed E-state index contributed by atoms with van der Waals surface area (Å²) in [6, 6.07) is 7.48. The molecule has 2 aromatic carbocycles. The van der Waals surface area contributed by atoms with Crippen molar-refractivity contribution >= 4 is 15.9 Å². The van der Waals surface area contributed by atoms with Gasteiger partial charge in [-0.25, -0.2) is 0 Å². The first-order chi connectivity index (χ1) is 10.1. The molecule has 0 spiro atoms. The first kappa shape index (κ1) is 16.9. The molecule has 0 saturated heterocycles. The normalized spacial score (nSPS) is 12.5. The Morgan fingerprint density at radius 1 is 0.727 bits per heavy atom. The Bertz CT molecular complexity index is 672. The van der Waals surface area contributed by atoms with Crippen molar-refractivity contribution in [3.05, 3.63) is 59.2 Å². The van der Waals surface area contributed by atoms with Crippen LogP contribution in [0.15, 0.2) is 42.5 Å². The Morgan fingerprint density at radius 2 is 1.32 bits per heavy atom. The molecule has 0 fully saturated rings. The minimum absolute atomic E-state index is 0.0862. The molecule has 118 valence electrons. The fourth-order valence-electron chi connectivity index (χ4n) is 1.97. The topological polar surface area (TPSA) is 0 Å². The van der Waals surface area contributed by atoms with E-state index in [0.29, 0.717) is 5.56 Å². The quantitative estimate of drug-likeness (QED) is 0.423. The zero-order valence-corrected chi connectivity index (χ0v) is 12.5. The van der Waals surface area contributed by atoms with E-state index in [1.54, 1.807) is 0 Å². The maximum absolute atomic E-state index is 12.9. The summed E-state index contributed by atoms with van der Waals surface area (Å²) < 4.78 is 76.7.